The van der Waals surface area contributed by atoms with Gasteiger partial charge in [-0.1, -0.05) is 38.3 Å². The van der Waals surface area contributed by atoms with Crippen molar-refractivity contribution in [2.75, 3.05) is 20.6 Å². The molecule has 1 unspecified atom stereocenters. The van der Waals surface area contributed by atoms with Gasteiger partial charge in [-0.15, -0.1) is 0 Å². The molecule has 1 aliphatic carbocycles. The monoisotopic (exact) mass is 210 g/mol. The van der Waals surface area contributed by atoms with E-state index in [1.165, 1.54) is 37.7 Å². The van der Waals surface area contributed by atoms with E-state index in [2.05, 4.69) is 31.0 Å². The summed E-state index contributed by atoms with van der Waals surface area (Å²) >= 11 is 0. The van der Waals surface area contributed by atoms with E-state index in [1.54, 1.807) is 0 Å². The third kappa shape index (κ3) is 3.96. The molecule has 2 nitrogen and oxygen atoms in total. The second kappa shape index (κ2) is 6.29. The molecule has 0 aliphatic heterocycles. The Morgan fingerprint density at radius 1 is 1.40 bits per heavy atom. The van der Waals surface area contributed by atoms with E-state index in [9.17, 15) is 0 Å². The van der Waals surface area contributed by atoms with Gasteiger partial charge in [-0.25, -0.2) is 5.01 Å². The van der Waals surface area contributed by atoms with Crippen molar-refractivity contribution in [1.29, 1.82) is 0 Å². The summed E-state index contributed by atoms with van der Waals surface area (Å²) in [5.41, 5.74) is 4.50. The van der Waals surface area contributed by atoms with Crippen LogP contribution in [0, 0.1) is 11.8 Å². The van der Waals surface area contributed by atoms with Crippen LogP contribution in [0.4, 0.5) is 0 Å². The maximum absolute atomic E-state index is 4.24. The molecule has 0 radical (unpaired) electrons. The summed E-state index contributed by atoms with van der Waals surface area (Å²) in [4.78, 5) is 0. The molecule has 2 heteroatoms. The lowest BCUT2D eigenvalue weighted by atomic mass is 9.78. The first-order valence-corrected chi connectivity index (χ1v) is 6.21. The van der Waals surface area contributed by atoms with E-state index in [4.69, 9.17) is 0 Å². The minimum absolute atomic E-state index is 0.682. The van der Waals surface area contributed by atoms with Crippen LogP contribution in [0.2, 0.25) is 0 Å². The summed E-state index contributed by atoms with van der Waals surface area (Å²) in [7, 11) is 4.03. The lowest BCUT2D eigenvalue weighted by Crippen LogP contribution is -2.34. The van der Waals surface area contributed by atoms with Crippen LogP contribution in [0.3, 0.4) is 0 Å². The molecular weight excluding hydrogens is 184 g/mol. The van der Waals surface area contributed by atoms with Gasteiger partial charge < -0.3 is 0 Å². The zero-order valence-electron chi connectivity index (χ0n) is 10.6. The van der Waals surface area contributed by atoms with Crippen LogP contribution in [0.5, 0.6) is 0 Å². The second-order valence-electron chi connectivity index (χ2n) is 4.92. The highest BCUT2D eigenvalue weighted by Gasteiger charge is 2.22. The average molecular weight is 210 g/mol. The number of hydrogen-bond donors (Lipinski definition) is 1. The van der Waals surface area contributed by atoms with E-state index >= 15 is 0 Å². The summed E-state index contributed by atoms with van der Waals surface area (Å²) < 4.78 is 0. The zero-order valence-corrected chi connectivity index (χ0v) is 10.6. The van der Waals surface area contributed by atoms with Crippen molar-refractivity contribution in [3.8, 4) is 0 Å². The van der Waals surface area contributed by atoms with Crippen LogP contribution in [0.15, 0.2) is 12.2 Å². The molecule has 1 atom stereocenters. The van der Waals surface area contributed by atoms with Gasteiger partial charge in [0.25, 0.3) is 0 Å². The van der Waals surface area contributed by atoms with Gasteiger partial charge >= 0.3 is 0 Å². The molecule has 1 N–H and O–H groups in total. The summed E-state index contributed by atoms with van der Waals surface area (Å²) in [6.45, 7) is 7.55. The first-order valence-electron chi connectivity index (χ1n) is 6.21. The van der Waals surface area contributed by atoms with E-state index < -0.39 is 0 Å². The lowest BCUT2D eigenvalue weighted by Gasteiger charge is -2.30. The summed E-state index contributed by atoms with van der Waals surface area (Å²) in [6, 6.07) is 0. The fourth-order valence-electron chi connectivity index (χ4n) is 2.50. The van der Waals surface area contributed by atoms with Crippen LogP contribution >= 0.6 is 0 Å². The maximum Gasteiger partial charge on any atom is 0.0338 e. The van der Waals surface area contributed by atoms with E-state index in [1.807, 2.05) is 7.05 Å². The Kier molecular flexibility index (Phi) is 5.34. The van der Waals surface area contributed by atoms with Gasteiger partial charge in [-0.3, -0.25) is 5.43 Å². The van der Waals surface area contributed by atoms with Crippen molar-refractivity contribution in [3.63, 3.8) is 0 Å². The molecule has 0 bridgehead atoms. The topological polar surface area (TPSA) is 15.3 Å². The van der Waals surface area contributed by atoms with E-state index in [0.717, 1.165) is 12.5 Å². The van der Waals surface area contributed by atoms with E-state index in [-0.39, 0.29) is 0 Å². The predicted octanol–water partition coefficient (Wildman–Crippen LogP) is 2.83. The van der Waals surface area contributed by atoms with Gasteiger partial charge in [0.05, 0.1) is 0 Å². The van der Waals surface area contributed by atoms with Crippen molar-refractivity contribution in [2.24, 2.45) is 11.8 Å². The molecule has 0 aromatic carbocycles. The molecular formula is C13H26N2. The minimum atomic E-state index is 0.682. The largest absolute Gasteiger partial charge is 0.258 e. The van der Waals surface area contributed by atoms with Gasteiger partial charge in [0.2, 0.25) is 0 Å². The number of hydrogen-bond acceptors (Lipinski definition) is 2. The molecule has 0 aromatic heterocycles. The first kappa shape index (κ1) is 12.7. The Morgan fingerprint density at radius 2 is 2.00 bits per heavy atom. The normalized spacial score (nSPS) is 20.5. The van der Waals surface area contributed by atoms with Crippen LogP contribution in [0.1, 0.15) is 39.0 Å². The zero-order chi connectivity index (χ0) is 11.3. The van der Waals surface area contributed by atoms with Gasteiger partial charge in [0, 0.05) is 13.6 Å². The average Bonchev–Trinajstić information content (AvgIpc) is 2.29. The Hall–Kier alpha value is -0.340. The highest BCUT2D eigenvalue weighted by atomic mass is 15.5. The van der Waals surface area contributed by atoms with Crippen molar-refractivity contribution in [1.82, 2.24) is 10.4 Å². The van der Waals surface area contributed by atoms with Crippen LogP contribution < -0.4 is 5.43 Å². The number of rotatable bonds is 5. The Morgan fingerprint density at radius 3 is 2.53 bits per heavy atom. The lowest BCUT2D eigenvalue weighted by molar-refractivity contribution is 0.245. The minimum Gasteiger partial charge on any atom is -0.258 e. The van der Waals surface area contributed by atoms with Crippen LogP contribution in [-0.2, 0) is 0 Å². The summed E-state index contributed by atoms with van der Waals surface area (Å²) in [6.07, 6.45) is 7.09. The number of hydrazine groups is 1. The molecule has 0 saturated heterocycles. The molecule has 0 spiro atoms. The number of nitrogens with one attached hydrogen (secondary N) is 1. The smallest absolute Gasteiger partial charge is 0.0338 e. The Bertz CT molecular complexity index is 195. The molecule has 0 aromatic rings. The molecule has 1 rings (SSSR count). The van der Waals surface area contributed by atoms with Gasteiger partial charge in [-0.2, -0.15) is 0 Å². The fraction of sp³-hybridized carbons (Fsp3) is 0.846. The van der Waals surface area contributed by atoms with Crippen molar-refractivity contribution in [2.45, 2.75) is 39.0 Å². The first-order chi connectivity index (χ1) is 7.15. The quantitative estimate of drug-likeness (QED) is 0.554. The highest BCUT2D eigenvalue weighted by Crippen LogP contribution is 2.33. The Labute approximate surface area is 94.7 Å². The molecule has 1 fully saturated rings. The number of nitrogens with zero attached hydrogens (tertiary/aromatic N) is 1. The molecule has 0 amide bonds. The molecule has 15 heavy (non-hydrogen) atoms. The maximum atomic E-state index is 4.24. The SMILES string of the molecule is C=C(CN(C)NC)C(C)C1CCCCC1. The Balaban J connectivity index is 2.37. The van der Waals surface area contributed by atoms with Crippen LogP contribution in [-0.4, -0.2) is 25.6 Å². The van der Waals surface area contributed by atoms with Gasteiger partial charge in [0.1, 0.15) is 0 Å². The molecule has 0 heterocycles. The summed E-state index contributed by atoms with van der Waals surface area (Å²) in [5, 5.41) is 2.10. The fourth-order valence-corrected chi connectivity index (χ4v) is 2.50. The third-order valence-electron chi connectivity index (χ3n) is 3.82. The summed E-state index contributed by atoms with van der Waals surface area (Å²) in [5.74, 6) is 1.57. The highest BCUT2D eigenvalue weighted by molar-refractivity contribution is 5.03. The standard InChI is InChI=1S/C13H26N2/c1-11(10-15(4)14-3)12(2)13-8-6-5-7-9-13/h12-14H,1,5-10H2,2-4H3. The van der Waals surface area contributed by atoms with Crippen molar-refractivity contribution in [3.05, 3.63) is 12.2 Å². The third-order valence-corrected chi connectivity index (χ3v) is 3.82. The predicted molar refractivity (Wildman–Crippen MR) is 66.6 cm³/mol. The van der Waals surface area contributed by atoms with Gasteiger partial charge in [0.15, 0.2) is 0 Å². The van der Waals surface area contributed by atoms with Crippen molar-refractivity contribution >= 4 is 0 Å². The molecule has 1 aliphatic rings. The molecule has 1 saturated carbocycles. The van der Waals surface area contributed by atoms with E-state index in [0.29, 0.717) is 5.92 Å². The van der Waals surface area contributed by atoms with Crippen LogP contribution in [0.25, 0.3) is 0 Å². The second-order valence-corrected chi connectivity index (χ2v) is 4.92. The van der Waals surface area contributed by atoms with Crippen molar-refractivity contribution < 1.29 is 0 Å². The number of likely N-dealkylation sites (N-methyl/N-ethyl adjacent to an activating group) is 1. The molecule has 88 valence electrons. The van der Waals surface area contributed by atoms with Gasteiger partial charge in [-0.05, 0) is 31.7 Å².